The van der Waals surface area contributed by atoms with Crippen LogP contribution >= 0.6 is 12.2 Å². The molecule has 0 radical (unpaired) electrons. The zero-order valence-corrected chi connectivity index (χ0v) is 29.2. The van der Waals surface area contributed by atoms with Gasteiger partial charge in [0.2, 0.25) is 0 Å². The zero-order valence-electron chi connectivity index (χ0n) is 28.4. The third-order valence-corrected chi connectivity index (χ3v) is 12.4. The highest BCUT2D eigenvalue weighted by molar-refractivity contribution is 7.79. The average molecular weight is 659 g/mol. The van der Waals surface area contributed by atoms with Crippen LogP contribution in [0.2, 0.25) is 0 Å². The van der Waals surface area contributed by atoms with Crippen LogP contribution in [0.5, 0.6) is 5.75 Å². The van der Waals surface area contributed by atoms with Crippen molar-refractivity contribution in [3.05, 3.63) is 77.4 Å². The zero-order chi connectivity index (χ0) is 33.2. The number of allylic oxidation sites excluding steroid dienone is 1. The molecule has 6 nitrogen and oxygen atoms in total. The molecular formula is C40H50O6S. The first kappa shape index (κ1) is 33.7. The van der Waals surface area contributed by atoms with Gasteiger partial charge in [0.05, 0.1) is 12.2 Å². The molecule has 0 spiro atoms. The minimum Gasteiger partial charge on any atom is -0.466 e. The molecule has 252 valence electrons. The van der Waals surface area contributed by atoms with E-state index in [9.17, 15) is 9.59 Å². The molecule has 0 amide bonds. The largest absolute Gasteiger partial charge is 0.466 e. The van der Waals surface area contributed by atoms with Crippen LogP contribution in [0, 0.1) is 34.5 Å². The maximum atomic E-state index is 12.9. The Labute approximate surface area is 285 Å². The van der Waals surface area contributed by atoms with Gasteiger partial charge in [-0.3, -0.25) is 4.79 Å². The van der Waals surface area contributed by atoms with Crippen LogP contribution in [0.15, 0.2) is 71.8 Å². The number of rotatable bonds is 9. The lowest BCUT2D eigenvalue weighted by Crippen LogP contribution is -2.47. The van der Waals surface area contributed by atoms with Gasteiger partial charge < -0.3 is 18.9 Å². The molecule has 2 aromatic carbocycles. The van der Waals surface area contributed by atoms with E-state index in [1.165, 1.54) is 0 Å². The Hall–Kier alpha value is -3.19. The van der Waals surface area contributed by atoms with Crippen LogP contribution in [0.1, 0.15) is 102 Å². The van der Waals surface area contributed by atoms with Crippen LogP contribution in [-0.2, 0) is 19.0 Å². The summed E-state index contributed by atoms with van der Waals surface area (Å²) in [6, 6.07) is 18.9. The van der Waals surface area contributed by atoms with Crippen molar-refractivity contribution in [3.8, 4) is 5.75 Å². The van der Waals surface area contributed by atoms with Crippen molar-refractivity contribution in [2.24, 2.45) is 34.5 Å². The summed E-state index contributed by atoms with van der Waals surface area (Å²) < 4.78 is 24.0. The van der Waals surface area contributed by atoms with E-state index in [-0.39, 0.29) is 46.1 Å². The topological polar surface area (TPSA) is 71.1 Å². The summed E-state index contributed by atoms with van der Waals surface area (Å²) in [7, 11) is 0. The van der Waals surface area contributed by atoms with E-state index in [2.05, 4.69) is 20.8 Å². The fraction of sp³-hybridized carbons (Fsp3) is 0.575. The minimum atomic E-state index is -0.217. The number of para-hydroxylation sites is 1. The van der Waals surface area contributed by atoms with E-state index in [1.807, 2.05) is 67.6 Å². The average Bonchev–Trinajstić information content (AvgIpc) is 3.36. The third-order valence-electron chi connectivity index (χ3n) is 12.2. The SMILES string of the molecule is CCOC(=O)CC[C@@H](C)[C@H]1C[C@H](OC(=S)Oc2ccccc2)[C@H]2C3=C(CC[C@]12C)[C@@]1(C)CC[C@H](OC(=O)c2ccccc2)C[C@@H]1CC3. The number of carbonyl (C=O) groups is 2. The van der Waals surface area contributed by atoms with Crippen molar-refractivity contribution in [3.63, 3.8) is 0 Å². The quantitative estimate of drug-likeness (QED) is 0.151. The molecule has 2 aromatic rings. The number of benzene rings is 2. The summed E-state index contributed by atoms with van der Waals surface area (Å²) >= 11 is 5.70. The normalized spacial score (nSPS) is 31.9. The molecule has 0 aliphatic heterocycles. The third kappa shape index (κ3) is 6.88. The van der Waals surface area contributed by atoms with Crippen LogP contribution < -0.4 is 4.74 Å². The van der Waals surface area contributed by atoms with Gasteiger partial charge in [0, 0.05) is 24.6 Å². The van der Waals surface area contributed by atoms with Crippen molar-refractivity contribution < 1.29 is 28.5 Å². The molecule has 4 aliphatic rings. The fourth-order valence-electron chi connectivity index (χ4n) is 9.91. The van der Waals surface area contributed by atoms with E-state index in [0.29, 0.717) is 42.1 Å². The van der Waals surface area contributed by atoms with Crippen molar-refractivity contribution >= 4 is 29.4 Å². The van der Waals surface area contributed by atoms with Crippen molar-refractivity contribution in [2.75, 3.05) is 6.61 Å². The number of ether oxygens (including phenoxy) is 4. The molecule has 7 heteroatoms. The van der Waals surface area contributed by atoms with Gasteiger partial charge in [-0.15, -0.1) is 0 Å². The Bertz CT molecular complexity index is 1470. The summed E-state index contributed by atoms with van der Waals surface area (Å²) in [4.78, 5) is 25.2. The lowest BCUT2D eigenvalue weighted by atomic mass is 9.50. The highest BCUT2D eigenvalue weighted by Gasteiger charge is 2.60. The van der Waals surface area contributed by atoms with Crippen LogP contribution in [0.3, 0.4) is 0 Å². The second-order valence-corrected chi connectivity index (χ2v) is 15.1. The molecule has 2 saturated carbocycles. The van der Waals surface area contributed by atoms with Crippen molar-refractivity contribution in [2.45, 2.75) is 104 Å². The molecule has 47 heavy (non-hydrogen) atoms. The smallest absolute Gasteiger partial charge is 0.358 e. The maximum absolute atomic E-state index is 12.9. The Kier molecular flexibility index (Phi) is 10.1. The Morgan fingerprint density at radius 2 is 1.66 bits per heavy atom. The second kappa shape index (κ2) is 14.1. The van der Waals surface area contributed by atoms with Crippen molar-refractivity contribution in [1.82, 2.24) is 0 Å². The number of esters is 2. The first-order valence-corrected chi connectivity index (χ1v) is 18.1. The Morgan fingerprint density at radius 3 is 2.38 bits per heavy atom. The Balaban J connectivity index is 1.23. The summed E-state index contributed by atoms with van der Waals surface area (Å²) in [5.41, 5.74) is 3.93. The molecule has 0 N–H and O–H groups in total. The van der Waals surface area contributed by atoms with E-state index in [1.54, 1.807) is 11.1 Å². The Morgan fingerprint density at radius 1 is 0.936 bits per heavy atom. The van der Waals surface area contributed by atoms with Crippen LogP contribution in [0.25, 0.3) is 0 Å². The van der Waals surface area contributed by atoms with Gasteiger partial charge >= 0.3 is 17.2 Å². The molecule has 0 bridgehead atoms. The van der Waals surface area contributed by atoms with E-state index >= 15 is 0 Å². The number of carbonyl (C=O) groups excluding carboxylic acids is 2. The number of hydrogen-bond donors (Lipinski definition) is 0. The molecular weight excluding hydrogens is 609 g/mol. The second-order valence-electron chi connectivity index (χ2n) is 14.8. The lowest BCUT2D eigenvalue weighted by molar-refractivity contribution is -0.143. The molecule has 6 rings (SSSR count). The van der Waals surface area contributed by atoms with E-state index < -0.39 is 0 Å². The monoisotopic (exact) mass is 658 g/mol. The predicted octanol–water partition coefficient (Wildman–Crippen LogP) is 9.27. The van der Waals surface area contributed by atoms with Gasteiger partial charge in [-0.2, -0.15) is 0 Å². The number of thiocarbonyl (C=S) groups is 1. The van der Waals surface area contributed by atoms with Gasteiger partial charge in [0.25, 0.3) is 0 Å². The summed E-state index contributed by atoms with van der Waals surface area (Å²) in [6.45, 7) is 9.51. The predicted molar refractivity (Wildman–Crippen MR) is 186 cm³/mol. The molecule has 0 unspecified atom stereocenters. The lowest BCUT2D eigenvalue weighted by Gasteiger charge is -2.55. The van der Waals surface area contributed by atoms with Crippen molar-refractivity contribution in [1.29, 1.82) is 0 Å². The van der Waals surface area contributed by atoms with Gasteiger partial charge in [0.15, 0.2) is 0 Å². The summed E-state index contributed by atoms with van der Waals surface area (Å²) in [5.74, 6) is 1.80. The van der Waals surface area contributed by atoms with E-state index in [0.717, 1.165) is 57.8 Å². The van der Waals surface area contributed by atoms with Gasteiger partial charge in [-0.05, 0) is 118 Å². The standard InChI is InChI=1S/C40H50O6S/c1-5-43-35(41)19-16-26(2)33-25-34(46-38(47)45-29-14-10-7-11-15-29)36-31-18-17-28-24-30(44-37(42)27-12-8-6-9-13-27)20-22-39(28,3)32(31)21-23-40(33,36)4/h6-15,26,28,30,33-34,36H,5,16-25H2,1-4H3/t26-,28+,30+,33-,34+,36-,39+,40-/m1/s1. The fourth-order valence-corrected chi connectivity index (χ4v) is 10.1. The van der Waals surface area contributed by atoms with Gasteiger partial charge in [-0.25, -0.2) is 4.79 Å². The van der Waals surface area contributed by atoms with E-state index in [4.69, 9.17) is 31.2 Å². The van der Waals surface area contributed by atoms with Gasteiger partial charge in [-0.1, -0.05) is 68.3 Å². The number of fused-ring (bicyclic) bond motifs is 4. The highest BCUT2D eigenvalue weighted by atomic mass is 32.1. The minimum absolute atomic E-state index is 0.0333. The summed E-state index contributed by atoms with van der Waals surface area (Å²) in [5, 5.41) is 0.178. The summed E-state index contributed by atoms with van der Waals surface area (Å²) in [6.07, 6.45) is 9.11. The highest BCUT2D eigenvalue weighted by Crippen LogP contribution is 2.66. The first-order valence-electron chi connectivity index (χ1n) is 17.7. The maximum Gasteiger partial charge on any atom is 0.358 e. The molecule has 8 atom stereocenters. The van der Waals surface area contributed by atoms with Crippen LogP contribution in [0.4, 0.5) is 0 Å². The molecule has 0 heterocycles. The van der Waals surface area contributed by atoms with Gasteiger partial charge in [0.1, 0.15) is 18.0 Å². The first-order chi connectivity index (χ1) is 22.6. The van der Waals surface area contributed by atoms with Crippen LogP contribution in [-0.4, -0.2) is 36.0 Å². The molecule has 4 aliphatic carbocycles. The molecule has 0 saturated heterocycles. The number of hydrogen-bond acceptors (Lipinski definition) is 7. The molecule has 0 aromatic heterocycles. The molecule has 2 fully saturated rings.